The van der Waals surface area contributed by atoms with E-state index in [0.717, 1.165) is 0 Å². The Morgan fingerprint density at radius 3 is 1.74 bits per heavy atom. The lowest BCUT2D eigenvalue weighted by Crippen LogP contribution is -2.04. The summed E-state index contributed by atoms with van der Waals surface area (Å²) in [6.07, 6.45) is 3.34. The van der Waals surface area contributed by atoms with E-state index in [1.165, 1.54) is 0 Å². The van der Waals surface area contributed by atoms with Crippen LogP contribution < -0.4 is 0 Å². The van der Waals surface area contributed by atoms with Crippen LogP contribution in [0.15, 0.2) is 46.4 Å². The molecule has 1 atom stereocenters. The van der Waals surface area contributed by atoms with Gasteiger partial charge >= 0.3 is 0 Å². The van der Waals surface area contributed by atoms with Crippen LogP contribution in [0.5, 0.6) is 0 Å². The van der Waals surface area contributed by atoms with Crippen LogP contribution in [0.4, 0.5) is 0 Å². The monoisotopic (exact) mass is 386 g/mol. The molecule has 2 rings (SSSR count). The summed E-state index contributed by atoms with van der Waals surface area (Å²) in [7, 11) is 0. The van der Waals surface area contributed by atoms with E-state index in [9.17, 15) is 0 Å². The molecule has 120 valence electrons. The number of rotatable bonds is 5. The molecule has 0 aromatic heterocycles. The van der Waals surface area contributed by atoms with Crippen molar-refractivity contribution in [1.82, 2.24) is 0 Å². The zero-order chi connectivity index (χ0) is 16.8. The van der Waals surface area contributed by atoms with E-state index >= 15 is 0 Å². The minimum absolute atomic E-state index is 0.0279. The van der Waals surface area contributed by atoms with Crippen LogP contribution in [-0.2, 0) is 0 Å². The summed E-state index contributed by atoms with van der Waals surface area (Å²) in [6.45, 7) is 2.45. The Morgan fingerprint density at radius 2 is 1.26 bits per heavy atom. The molecule has 0 saturated carbocycles. The third-order valence-corrected chi connectivity index (χ3v) is 4.37. The van der Waals surface area contributed by atoms with Crippen LogP contribution in [-0.4, -0.2) is 25.0 Å². The lowest BCUT2D eigenvalue weighted by molar-refractivity contribution is 0.761. The number of halogens is 4. The second-order valence-electron chi connectivity index (χ2n) is 4.89. The molecule has 6 heteroatoms. The fourth-order valence-corrected chi connectivity index (χ4v) is 2.80. The number of benzene rings is 2. The fourth-order valence-electron chi connectivity index (χ4n) is 1.81. The summed E-state index contributed by atoms with van der Waals surface area (Å²) in [5, 5.41) is 2.28. The largest absolute Gasteiger partial charge is 0.290 e. The first-order chi connectivity index (χ1) is 11.0. The van der Waals surface area contributed by atoms with Crippen LogP contribution in [0.2, 0.25) is 20.1 Å². The van der Waals surface area contributed by atoms with Gasteiger partial charge in [0, 0.05) is 23.6 Å². The number of hydrogen-bond acceptors (Lipinski definition) is 2. The van der Waals surface area contributed by atoms with Gasteiger partial charge in [0.05, 0.1) is 32.7 Å². The van der Waals surface area contributed by atoms with E-state index in [-0.39, 0.29) is 6.04 Å². The molecule has 0 unspecified atom stereocenters. The van der Waals surface area contributed by atoms with Gasteiger partial charge in [0.1, 0.15) is 0 Å². The van der Waals surface area contributed by atoms with E-state index in [2.05, 4.69) is 9.98 Å². The molecule has 2 nitrogen and oxygen atoms in total. The van der Waals surface area contributed by atoms with Crippen molar-refractivity contribution in [2.24, 2.45) is 9.98 Å². The highest BCUT2D eigenvalue weighted by Gasteiger charge is 2.04. The van der Waals surface area contributed by atoms with Crippen molar-refractivity contribution >= 4 is 58.8 Å². The quantitative estimate of drug-likeness (QED) is 0.543. The highest BCUT2D eigenvalue weighted by molar-refractivity contribution is 6.39. The van der Waals surface area contributed by atoms with Crippen LogP contribution in [0.3, 0.4) is 0 Å². The van der Waals surface area contributed by atoms with Gasteiger partial charge in [-0.2, -0.15) is 0 Å². The second kappa shape index (κ2) is 8.70. The Labute approximate surface area is 155 Å². The third-order valence-electron chi connectivity index (χ3n) is 3.05. The van der Waals surface area contributed by atoms with Crippen LogP contribution in [0.1, 0.15) is 18.1 Å². The predicted molar refractivity (Wildman–Crippen MR) is 102 cm³/mol. The van der Waals surface area contributed by atoms with Gasteiger partial charge in [-0.15, -0.1) is 0 Å². The molecule has 0 N–H and O–H groups in total. The average molecular weight is 388 g/mol. The molecular formula is C17H14Cl4N2. The molecule has 2 aromatic carbocycles. The van der Waals surface area contributed by atoms with Gasteiger partial charge in [0.2, 0.25) is 0 Å². The summed E-state index contributed by atoms with van der Waals surface area (Å²) >= 11 is 24.4. The van der Waals surface area contributed by atoms with E-state index < -0.39 is 0 Å². The molecule has 0 aliphatic rings. The molecule has 2 aromatic rings. The predicted octanol–water partition coefficient (Wildman–Crippen LogP) is 6.23. The first-order valence-corrected chi connectivity index (χ1v) is 8.41. The Bertz CT molecular complexity index is 701. The molecular weight excluding hydrogens is 374 g/mol. The summed E-state index contributed by atoms with van der Waals surface area (Å²) in [4.78, 5) is 8.77. The van der Waals surface area contributed by atoms with Gasteiger partial charge in [0.25, 0.3) is 0 Å². The van der Waals surface area contributed by atoms with Crippen LogP contribution in [0, 0.1) is 0 Å². The van der Waals surface area contributed by atoms with Gasteiger partial charge in [0.15, 0.2) is 0 Å². The van der Waals surface area contributed by atoms with Crippen molar-refractivity contribution in [3.63, 3.8) is 0 Å². The van der Waals surface area contributed by atoms with Gasteiger partial charge in [-0.1, -0.05) is 58.5 Å². The molecule has 0 bridgehead atoms. The molecule has 0 spiro atoms. The van der Waals surface area contributed by atoms with Gasteiger partial charge in [-0.25, -0.2) is 0 Å². The smallest absolute Gasteiger partial charge is 0.0666 e. The van der Waals surface area contributed by atoms with E-state index in [4.69, 9.17) is 46.4 Å². The molecule has 0 aliphatic heterocycles. The van der Waals surface area contributed by atoms with Crippen molar-refractivity contribution in [3.8, 4) is 0 Å². The van der Waals surface area contributed by atoms with E-state index in [1.807, 2.05) is 6.92 Å². The fraction of sp³-hybridized carbons (Fsp3) is 0.176. The minimum Gasteiger partial charge on any atom is -0.290 e. The lowest BCUT2D eigenvalue weighted by atomic mass is 10.2. The average Bonchev–Trinajstić information content (AvgIpc) is 2.50. The maximum atomic E-state index is 6.10. The number of aliphatic imine (C=N–C) groups is 2. The molecule has 0 amide bonds. The summed E-state index contributed by atoms with van der Waals surface area (Å²) < 4.78 is 0. The van der Waals surface area contributed by atoms with Crippen molar-refractivity contribution < 1.29 is 0 Å². The molecule has 0 fully saturated rings. The first-order valence-electron chi connectivity index (χ1n) is 6.90. The zero-order valence-electron chi connectivity index (χ0n) is 12.3. The highest BCUT2D eigenvalue weighted by atomic mass is 35.5. The zero-order valence-corrected chi connectivity index (χ0v) is 15.3. The van der Waals surface area contributed by atoms with Crippen molar-refractivity contribution in [2.45, 2.75) is 13.0 Å². The standard InChI is InChI=1S/C17H14Cl4N2/c1-11(23-10-13-16(20)6-3-7-17(13)21)8-22-9-12-14(18)4-2-5-15(12)19/h2-7,9-11H,8H2,1H3/t11-/m1/s1. The summed E-state index contributed by atoms with van der Waals surface area (Å²) in [5.74, 6) is 0. The minimum atomic E-state index is -0.0279. The Hall–Kier alpha value is -1.06. The Morgan fingerprint density at radius 1 is 0.826 bits per heavy atom. The van der Waals surface area contributed by atoms with E-state index in [0.29, 0.717) is 37.8 Å². The number of nitrogens with zero attached hydrogens (tertiary/aromatic N) is 2. The highest BCUT2D eigenvalue weighted by Crippen LogP contribution is 2.23. The summed E-state index contributed by atoms with van der Waals surface area (Å²) in [5.41, 5.74) is 1.42. The van der Waals surface area contributed by atoms with Gasteiger partial charge in [-0.05, 0) is 31.2 Å². The molecule has 23 heavy (non-hydrogen) atoms. The Balaban J connectivity index is 2.01. The molecule has 0 radical (unpaired) electrons. The Kier molecular flexibility index (Phi) is 6.91. The maximum Gasteiger partial charge on any atom is 0.0666 e. The summed E-state index contributed by atoms with van der Waals surface area (Å²) in [6, 6.07) is 10.7. The molecule has 0 aliphatic carbocycles. The van der Waals surface area contributed by atoms with Crippen molar-refractivity contribution in [2.75, 3.05) is 6.54 Å². The second-order valence-corrected chi connectivity index (χ2v) is 6.52. The maximum absolute atomic E-state index is 6.10. The number of hydrogen-bond donors (Lipinski definition) is 0. The van der Waals surface area contributed by atoms with Gasteiger partial charge in [-0.3, -0.25) is 9.98 Å². The SMILES string of the molecule is C[C@H](CN=Cc1c(Cl)cccc1Cl)N=Cc1c(Cl)cccc1Cl. The topological polar surface area (TPSA) is 24.7 Å². The van der Waals surface area contributed by atoms with Gasteiger partial charge < -0.3 is 0 Å². The third kappa shape index (κ3) is 5.22. The normalized spacial score (nSPS) is 13.1. The van der Waals surface area contributed by atoms with E-state index in [1.54, 1.807) is 48.8 Å². The lowest BCUT2D eigenvalue weighted by Gasteiger charge is -2.05. The molecule has 0 heterocycles. The van der Waals surface area contributed by atoms with Crippen LogP contribution >= 0.6 is 46.4 Å². The first kappa shape index (κ1) is 18.3. The van der Waals surface area contributed by atoms with Crippen LogP contribution in [0.25, 0.3) is 0 Å². The van der Waals surface area contributed by atoms with Crippen molar-refractivity contribution in [3.05, 3.63) is 67.6 Å². The van der Waals surface area contributed by atoms with Crippen molar-refractivity contribution in [1.29, 1.82) is 0 Å². The molecule has 0 saturated heterocycles.